The molecule has 0 aliphatic carbocycles. The lowest BCUT2D eigenvalue weighted by molar-refractivity contribution is -0.117. The molecule has 1 aromatic rings. The fraction of sp³-hybridized carbons (Fsp3) is 0.412. The van der Waals surface area contributed by atoms with Crippen LogP contribution in [0.25, 0.3) is 0 Å². The summed E-state index contributed by atoms with van der Waals surface area (Å²) >= 11 is 5.64. The van der Waals surface area contributed by atoms with Gasteiger partial charge in [-0.25, -0.2) is 4.99 Å². The van der Waals surface area contributed by atoms with Crippen molar-refractivity contribution in [2.45, 2.75) is 6.42 Å². The molecule has 3 rings (SSSR count). The molecule has 0 spiro atoms. The van der Waals surface area contributed by atoms with Gasteiger partial charge >= 0.3 is 0 Å². The molecule has 2 aliphatic rings. The number of nitrogens with zero attached hydrogens (tertiary/aromatic N) is 3. The molecule has 0 radical (unpaired) electrons. The second-order valence-corrected chi connectivity index (χ2v) is 5.95. The van der Waals surface area contributed by atoms with E-state index in [0.29, 0.717) is 25.6 Å². The normalized spacial score (nSPS) is 19.5. The molecule has 0 aromatic heterocycles. The van der Waals surface area contributed by atoms with Crippen molar-refractivity contribution >= 4 is 34.7 Å². The van der Waals surface area contributed by atoms with E-state index in [1.54, 1.807) is 0 Å². The molecule has 24 heavy (non-hydrogen) atoms. The number of amidine groups is 1. The summed E-state index contributed by atoms with van der Waals surface area (Å²) in [7, 11) is 0. The first kappa shape index (κ1) is 16.8. The van der Waals surface area contributed by atoms with Gasteiger partial charge in [0, 0.05) is 25.3 Å². The van der Waals surface area contributed by atoms with Crippen LogP contribution in [0, 0.1) is 0 Å². The van der Waals surface area contributed by atoms with Crippen LogP contribution in [0.15, 0.2) is 41.0 Å². The van der Waals surface area contributed by atoms with E-state index in [1.807, 2.05) is 35.2 Å². The number of anilines is 1. The Bertz CT molecular complexity index is 651. The van der Waals surface area contributed by atoms with Crippen LogP contribution < -0.4 is 10.6 Å². The molecule has 0 bridgehead atoms. The Morgan fingerprint density at radius 2 is 1.92 bits per heavy atom. The summed E-state index contributed by atoms with van der Waals surface area (Å²) < 4.78 is 5.37. The fourth-order valence-electron chi connectivity index (χ4n) is 2.88. The van der Waals surface area contributed by atoms with E-state index in [2.05, 4.69) is 9.89 Å². The molecule has 6 nitrogen and oxygen atoms in total. The molecule has 0 atom stereocenters. The number of aliphatic imine (C=N–C) groups is 1. The SMILES string of the molecule is NC(CCl)=Nc1ccc(N2CCC=C(N3CCOCC3)C2=O)cc1. The average Bonchev–Trinajstić information content (AvgIpc) is 2.63. The zero-order valence-electron chi connectivity index (χ0n) is 13.4. The summed E-state index contributed by atoms with van der Waals surface area (Å²) in [6.07, 6.45) is 2.88. The molecule has 128 valence electrons. The van der Waals surface area contributed by atoms with Crippen molar-refractivity contribution in [2.75, 3.05) is 43.6 Å². The highest BCUT2D eigenvalue weighted by molar-refractivity contribution is 6.28. The highest BCUT2D eigenvalue weighted by Gasteiger charge is 2.28. The number of ether oxygens (including phenoxy) is 1. The van der Waals surface area contributed by atoms with Gasteiger partial charge in [-0.2, -0.15) is 0 Å². The van der Waals surface area contributed by atoms with Crippen LogP contribution in [0.5, 0.6) is 0 Å². The molecule has 7 heteroatoms. The van der Waals surface area contributed by atoms with Crippen LogP contribution in [0.4, 0.5) is 11.4 Å². The van der Waals surface area contributed by atoms with Crippen LogP contribution in [-0.4, -0.2) is 55.4 Å². The van der Waals surface area contributed by atoms with Gasteiger partial charge in [-0.1, -0.05) is 6.08 Å². The minimum absolute atomic E-state index is 0.0414. The Labute approximate surface area is 146 Å². The van der Waals surface area contributed by atoms with Gasteiger partial charge in [-0.15, -0.1) is 11.6 Å². The highest BCUT2D eigenvalue weighted by Crippen LogP contribution is 2.25. The summed E-state index contributed by atoms with van der Waals surface area (Å²) in [6.45, 7) is 3.53. The maximum absolute atomic E-state index is 12.8. The number of morpholine rings is 1. The number of hydrogen-bond donors (Lipinski definition) is 1. The standard InChI is InChI=1S/C17H21ClN4O2/c18-12-16(19)20-13-3-5-14(6-4-13)22-7-1-2-15(17(22)23)21-8-10-24-11-9-21/h2-6H,1,7-12H2,(H2,19,20). The molecule has 1 amide bonds. The predicted octanol–water partition coefficient (Wildman–Crippen LogP) is 1.87. The highest BCUT2D eigenvalue weighted by atomic mass is 35.5. The number of amides is 1. The van der Waals surface area contributed by atoms with E-state index in [9.17, 15) is 4.79 Å². The zero-order chi connectivity index (χ0) is 16.9. The maximum Gasteiger partial charge on any atom is 0.274 e. The Balaban J connectivity index is 1.75. The number of rotatable bonds is 4. The van der Waals surface area contributed by atoms with Crippen molar-refractivity contribution in [3.05, 3.63) is 36.0 Å². The number of nitrogens with two attached hydrogens (primary N) is 1. The smallest absolute Gasteiger partial charge is 0.274 e. The van der Waals surface area contributed by atoms with E-state index in [1.165, 1.54) is 0 Å². The Hall–Kier alpha value is -2.05. The van der Waals surface area contributed by atoms with Crippen LogP contribution in [0.3, 0.4) is 0 Å². The summed E-state index contributed by atoms with van der Waals surface area (Å²) in [6, 6.07) is 7.46. The molecule has 1 saturated heterocycles. The van der Waals surface area contributed by atoms with Crippen molar-refractivity contribution in [3.63, 3.8) is 0 Å². The van der Waals surface area contributed by atoms with Crippen molar-refractivity contribution in [1.29, 1.82) is 0 Å². The quantitative estimate of drug-likeness (QED) is 0.512. The van der Waals surface area contributed by atoms with Gasteiger partial charge < -0.3 is 20.3 Å². The summed E-state index contributed by atoms with van der Waals surface area (Å²) in [5.74, 6) is 0.607. The number of benzene rings is 1. The number of hydrogen-bond acceptors (Lipinski definition) is 4. The number of carbonyl (C=O) groups is 1. The second-order valence-electron chi connectivity index (χ2n) is 5.69. The first-order chi connectivity index (χ1) is 11.7. The van der Waals surface area contributed by atoms with Crippen molar-refractivity contribution in [1.82, 2.24) is 4.90 Å². The zero-order valence-corrected chi connectivity index (χ0v) is 14.2. The minimum Gasteiger partial charge on any atom is -0.386 e. The van der Waals surface area contributed by atoms with Crippen LogP contribution in [0.1, 0.15) is 6.42 Å². The molecule has 2 N–H and O–H groups in total. The molecule has 1 aromatic carbocycles. The second kappa shape index (κ2) is 7.68. The van der Waals surface area contributed by atoms with E-state index >= 15 is 0 Å². The van der Waals surface area contributed by atoms with Crippen molar-refractivity contribution in [2.24, 2.45) is 10.7 Å². The summed E-state index contributed by atoms with van der Waals surface area (Å²) in [4.78, 5) is 21.0. The minimum atomic E-state index is 0.0414. The molecule has 2 aliphatic heterocycles. The third-order valence-electron chi connectivity index (χ3n) is 4.08. The third kappa shape index (κ3) is 3.71. The van der Waals surface area contributed by atoms with Gasteiger partial charge in [-0.05, 0) is 30.7 Å². The van der Waals surface area contributed by atoms with Gasteiger partial charge in [0.05, 0.1) is 30.5 Å². The van der Waals surface area contributed by atoms with E-state index in [-0.39, 0.29) is 11.8 Å². The molecule has 0 unspecified atom stereocenters. The van der Waals surface area contributed by atoms with E-state index < -0.39 is 0 Å². The Kier molecular flexibility index (Phi) is 5.37. The Morgan fingerprint density at radius 3 is 2.58 bits per heavy atom. The van der Waals surface area contributed by atoms with Crippen molar-refractivity contribution < 1.29 is 9.53 Å². The molecule has 2 heterocycles. The van der Waals surface area contributed by atoms with Gasteiger partial charge in [0.2, 0.25) is 0 Å². The molecular weight excluding hydrogens is 328 g/mol. The van der Waals surface area contributed by atoms with Crippen LogP contribution in [0.2, 0.25) is 0 Å². The van der Waals surface area contributed by atoms with Gasteiger partial charge in [0.1, 0.15) is 5.84 Å². The molecule has 0 saturated carbocycles. The maximum atomic E-state index is 12.8. The molecule has 1 fully saturated rings. The largest absolute Gasteiger partial charge is 0.386 e. The third-order valence-corrected chi connectivity index (χ3v) is 4.35. The van der Waals surface area contributed by atoms with Crippen LogP contribution in [-0.2, 0) is 9.53 Å². The number of carbonyl (C=O) groups excluding carboxylic acids is 1. The van der Waals surface area contributed by atoms with Crippen molar-refractivity contribution in [3.8, 4) is 0 Å². The first-order valence-corrected chi connectivity index (χ1v) is 8.56. The predicted molar refractivity (Wildman–Crippen MR) is 95.9 cm³/mol. The van der Waals surface area contributed by atoms with E-state index in [0.717, 1.165) is 36.6 Å². The van der Waals surface area contributed by atoms with Gasteiger partial charge in [0.25, 0.3) is 5.91 Å². The number of alkyl halides is 1. The topological polar surface area (TPSA) is 71.2 Å². The van der Waals surface area contributed by atoms with Gasteiger partial charge in [0.15, 0.2) is 0 Å². The molecular formula is C17H21ClN4O2. The number of halogens is 1. The lowest BCUT2D eigenvalue weighted by atomic mass is 10.1. The monoisotopic (exact) mass is 348 g/mol. The Morgan fingerprint density at radius 1 is 1.21 bits per heavy atom. The van der Waals surface area contributed by atoms with Crippen LogP contribution >= 0.6 is 11.6 Å². The summed E-state index contributed by atoms with van der Waals surface area (Å²) in [5, 5.41) is 0. The lowest BCUT2D eigenvalue weighted by Crippen LogP contribution is -2.45. The lowest BCUT2D eigenvalue weighted by Gasteiger charge is -2.35. The summed E-state index contributed by atoms with van der Waals surface area (Å²) in [5.41, 5.74) is 8.01. The average molecular weight is 349 g/mol. The van der Waals surface area contributed by atoms with E-state index in [4.69, 9.17) is 22.1 Å². The first-order valence-electron chi connectivity index (χ1n) is 8.03. The van der Waals surface area contributed by atoms with Gasteiger partial charge in [-0.3, -0.25) is 4.79 Å². The fourth-order valence-corrected chi connectivity index (χ4v) is 2.94.